The fourth-order valence-corrected chi connectivity index (χ4v) is 3.12. The number of nitrogens with one attached hydrogen (secondary N) is 2. The average molecular weight is 358 g/mol. The summed E-state index contributed by atoms with van der Waals surface area (Å²) in [5.41, 5.74) is -0.805. The third kappa shape index (κ3) is 6.23. The number of hydrogen-bond donors (Lipinski definition) is 2. The van der Waals surface area contributed by atoms with E-state index in [9.17, 15) is 18.0 Å². The number of carbonyl (C=O) groups excluding carboxylic acids is 1. The predicted octanol–water partition coefficient (Wildman–Crippen LogP) is 3.23. The number of alkyl halides is 3. The van der Waals surface area contributed by atoms with E-state index in [0.29, 0.717) is 18.3 Å². The smallest absolute Gasteiger partial charge is 0.419 e. The lowest BCUT2D eigenvalue weighted by Crippen LogP contribution is -2.34. The molecule has 25 heavy (non-hydrogen) atoms. The van der Waals surface area contributed by atoms with Gasteiger partial charge in [0.1, 0.15) is 12.4 Å². The van der Waals surface area contributed by atoms with E-state index >= 15 is 0 Å². The summed E-state index contributed by atoms with van der Waals surface area (Å²) < 4.78 is 43.7. The zero-order chi connectivity index (χ0) is 18.3. The average Bonchev–Trinajstić information content (AvgIpc) is 2.59. The standard InChI is InChI=1S/C18H25F3N2O2/c1-13(14-6-8-22-9-7-14)12-17(24)23-10-11-25-16-5-3-2-4-15(16)18(19,20)21/h2-5,13-14,22H,6-12H2,1H3,(H,23,24). The fourth-order valence-electron chi connectivity index (χ4n) is 3.12. The van der Waals surface area contributed by atoms with Gasteiger partial charge in [-0.15, -0.1) is 0 Å². The summed E-state index contributed by atoms with van der Waals surface area (Å²) in [6.07, 6.45) is -1.87. The van der Waals surface area contributed by atoms with Gasteiger partial charge in [0, 0.05) is 6.42 Å². The van der Waals surface area contributed by atoms with E-state index in [1.807, 2.05) is 0 Å². The zero-order valence-corrected chi connectivity index (χ0v) is 14.4. The van der Waals surface area contributed by atoms with Gasteiger partial charge in [0.05, 0.1) is 12.1 Å². The SMILES string of the molecule is CC(CC(=O)NCCOc1ccccc1C(F)(F)F)C1CCNCC1. The van der Waals surface area contributed by atoms with Crippen LogP contribution in [0.25, 0.3) is 0 Å². The van der Waals surface area contributed by atoms with Gasteiger partial charge in [-0.2, -0.15) is 13.2 Å². The van der Waals surface area contributed by atoms with Crippen molar-refractivity contribution >= 4 is 5.91 Å². The molecular weight excluding hydrogens is 333 g/mol. The van der Waals surface area contributed by atoms with E-state index in [-0.39, 0.29) is 24.8 Å². The van der Waals surface area contributed by atoms with Crippen molar-refractivity contribution in [3.8, 4) is 5.75 Å². The summed E-state index contributed by atoms with van der Waals surface area (Å²) in [7, 11) is 0. The number of ether oxygens (including phenoxy) is 1. The summed E-state index contributed by atoms with van der Waals surface area (Å²) >= 11 is 0. The van der Waals surface area contributed by atoms with Crippen molar-refractivity contribution in [1.29, 1.82) is 0 Å². The Balaban J connectivity index is 1.71. The van der Waals surface area contributed by atoms with Gasteiger partial charge in [0.15, 0.2) is 0 Å². The van der Waals surface area contributed by atoms with E-state index in [4.69, 9.17) is 4.74 Å². The molecule has 0 bridgehead atoms. The van der Waals surface area contributed by atoms with Gasteiger partial charge in [-0.05, 0) is 49.9 Å². The minimum Gasteiger partial charge on any atom is -0.491 e. The van der Waals surface area contributed by atoms with Crippen LogP contribution < -0.4 is 15.4 Å². The van der Waals surface area contributed by atoms with Crippen LogP contribution in [0.2, 0.25) is 0 Å². The molecule has 140 valence electrons. The normalized spacial score (nSPS) is 17.1. The third-order valence-corrected chi connectivity index (χ3v) is 4.57. The predicted molar refractivity (Wildman–Crippen MR) is 89.3 cm³/mol. The van der Waals surface area contributed by atoms with Crippen molar-refractivity contribution in [3.63, 3.8) is 0 Å². The Morgan fingerprint density at radius 2 is 2.00 bits per heavy atom. The Bertz CT molecular complexity index is 557. The molecule has 1 saturated heterocycles. The van der Waals surface area contributed by atoms with Crippen molar-refractivity contribution in [2.75, 3.05) is 26.2 Å². The van der Waals surface area contributed by atoms with E-state index in [1.165, 1.54) is 18.2 Å². The Hall–Kier alpha value is -1.76. The van der Waals surface area contributed by atoms with Gasteiger partial charge >= 0.3 is 6.18 Å². The summed E-state index contributed by atoms with van der Waals surface area (Å²) in [5.74, 6) is 0.543. The second-order valence-electron chi connectivity index (χ2n) is 6.46. The molecule has 1 aromatic rings. The molecule has 0 aliphatic carbocycles. The number of piperidine rings is 1. The monoisotopic (exact) mass is 358 g/mol. The molecule has 1 fully saturated rings. The Morgan fingerprint density at radius 1 is 1.32 bits per heavy atom. The van der Waals surface area contributed by atoms with Gasteiger partial charge in [0.25, 0.3) is 0 Å². The van der Waals surface area contributed by atoms with Crippen molar-refractivity contribution in [1.82, 2.24) is 10.6 Å². The molecule has 1 aliphatic heterocycles. The van der Waals surface area contributed by atoms with Crippen LogP contribution in [0.4, 0.5) is 13.2 Å². The second kappa shape index (κ2) is 9.08. The lowest BCUT2D eigenvalue weighted by molar-refractivity contribution is -0.139. The van der Waals surface area contributed by atoms with Crippen LogP contribution in [0.15, 0.2) is 24.3 Å². The van der Waals surface area contributed by atoms with E-state index < -0.39 is 11.7 Å². The Morgan fingerprint density at radius 3 is 2.68 bits per heavy atom. The van der Waals surface area contributed by atoms with Crippen LogP contribution in [0.5, 0.6) is 5.75 Å². The molecule has 1 atom stereocenters. The molecule has 0 saturated carbocycles. The topological polar surface area (TPSA) is 50.4 Å². The van der Waals surface area contributed by atoms with E-state index in [1.54, 1.807) is 0 Å². The molecule has 0 spiro atoms. The van der Waals surface area contributed by atoms with Gasteiger partial charge < -0.3 is 15.4 Å². The molecule has 1 unspecified atom stereocenters. The fraction of sp³-hybridized carbons (Fsp3) is 0.611. The highest BCUT2D eigenvalue weighted by atomic mass is 19.4. The minimum atomic E-state index is -4.45. The maximum Gasteiger partial charge on any atom is 0.419 e. The summed E-state index contributed by atoms with van der Waals surface area (Å²) in [5, 5.41) is 6.02. The maximum atomic E-state index is 12.9. The van der Waals surface area contributed by atoms with Crippen molar-refractivity contribution in [2.45, 2.75) is 32.4 Å². The first-order valence-electron chi connectivity index (χ1n) is 8.64. The van der Waals surface area contributed by atoms with Crippen molar-refractivity contribution < 1.29 is 22.7 Å². The number of rotatable bonds is 7. The third-order valence-electron chi connectivity index (χ3n) is 4.57. The molecule has 1 aliphatic rings. The van der Waals surface area contributed by atoms with Crippen LogP contribution in [-0.2, 0) is 11.0 Å². The number of halogens is 3. The highest BCUT2D eigenvalue weighted by molar-refractivity contribution is 5.76. The first-order valence-corrected chi connectivity index (χ1v) is 8.64. The highest BCUT2D eigenvalue weighted by Gasteiger charge is 2.33. The molecule has 7 heteroatoms. The molecule has 0 radical (unpaired) electrons. The number of benzene rings is 1. The van der Waals surface area contributed by atoms with Gasteiger partial charge in [-0.3, -0.25) is 4.79 Å². The largest absolute Gasteiger partial charge is 0.491 e. The molecule has 1 amide bonds. The minimum absolute atomic E-state index is 0.000558. The first kappa shape index (κ1) is 19.6. The van der Waals surface area contributed by atoms with Gasteiger partial charge in [0.2, 0.25) is 5.91 Å². The van der Waals surface area contributed by atoms with Crippen LogP contribution in [0.1, 0.15) is 31.7 Å². The number of carbonyl (C=O) groups is 1. The van der Waals surface area contributed by atoms with Crippen LogP contribution >= 0.6 is 0 Å². The molecule has 0 aromatic heterocycles. The lowest BCUT2D eigenvalue weighted by Gasteiger charge is -2.27. The van der Waals surface area contributed by atoms with Crippen LogP contribution in [-0.4, -0.2) is 32.1 Å². The van der Waals surface area contributed by atoms with Gasteiger partial charge in [-0.1, -0.05) is 19.1 Å². The Labute approximate surface area is 146 Å². The van der Waals surface area contributed by atoms with E-state index in [2.05, 4.69) is 17.6 Å². The summed E-state index contributed by atoms with van der Waals surface area (Å²) in [6, 6.07) is 5.07. The van der Waals surface area contributed by atoms with Crippen LogP contribution in [0.3, 0.4) is 0 Å². The number of para-hydroxylation sites is 1. The summed E-state index contributed by atoms with van der Waals surface area (Å²) in [4.78, 5) is 12.0. The second-order valence-corrected chi connectivity index (χ2v) is 6.46. The summed E-state index contributed by atoms with van der Waals surface area (Å²) in [6.45, 7) is 4.24. The maximum absolute atomic E-state index is 12.9. The molecule has 2 rings (SSSR count). The van der Waals surface area contributed by atoms with Crippen LogP contribution in [0, 0.1) is 11.8 Å². The zero-order valence-electron chi connectivity index (χ0n) is 14.4. The Kier molecular flexibility index (Phi) is 7.11. The highest BCUT2D eigenvalue weighted by Crippen LogP contribution is 2.35. The molecule has 1 aromatic carbocycles. The van der Waals surface area contributed by atoms with Crippen molar-refractivity contribution in [2.24, 2.45) is 11.8 Å². The first-order chi connectivity index (χ1) is 11.9. The number of hydrogen-bond acceptors (Lipinski definition) is 3. The molecule has 4 nitrogen and oxygen atoms in total. The van der Waals surface area contributed by atoms with Gasteiger partial charge in [-0.25, -0.2) is 0 Å². The van der Waals surface area contributed by atoms with Crippen molar-refractivity contribution in [3.05, 3.63) is 29.8 Å². The van der Waals surface area contributed by atoms with E-state index in [0.717, 1.165) is 32.0 Å². The molecular formula is C18H25F3N2O2. The molecule has 2 N–H and O–H groups in total. The lowest BCUT2D eigenvalue weighted by atomic mass is 9.84. The molecule has 1 heterocycles. The quantitative estimate of drug-likeness (QED) is 0.736. The number of amides is 1.